The summed E-state index contributed by atoms with van der Waals surface area (Å²) >= 11 is 0. The molecule has 1 atom stereocenters. The molecule has 2 aliphatic heterocycles. The van der Waals surface area contributed by atoms with E-state index in [1.54, 1.807) is 0 Å². The third-order valence-electron chi connectivity index (χ3n) is 6.21. The van der Waals surface area contributed by atoms with Crippen LogP contribution in [0.15, 0.2) is 64.4 Å². The number of benzene rings is 2. The van der Waals surface area contributed by atoms with Gasteiger partial charge in [-0.25, -0.2) is 16.8 Å². The molecule has 7 nitrogen and oxygen atoms in total. The van der Waals surface area contributed by atoms with Crippen molar-refractivity contribution in [1.82, 2.24) is 13.5 Å². The minimum absolute atomic E-state index is 0.130. The summed E-state index contributed by atoms with van der Waals surface area (Å²) in [5.74, 6) is 0.330. The van der Waals surface area contributed by atoms with Crippen LogP contribution in [0.25, 0.3) is 0 Å². The zero-order valence-corrected chi connectivity index (χ0v) is 20.1. The Morgan fingerprint density at radius 3 is 2.00 bits per heavy atom. The average molecular weight is 478 g/mol. The molecule has 0 saturated carbocycles. The molecule has 2 saturated heterocycles. The molecule has 2 aromatic rings. The predicted octanol–water partition coefficient (Wildman–Crippen LogP) is 2.96. The molecular formula is C23H31N3O4S2. The van der Waals surface area contributed by atoms with E-state index in [9.17, 15) is 16.8 Å². The van der Waals surface area contributed by atoms with Gasteiger partial charge in [-0.3, -0.25) is 4.90 Å². The molecule has 0 bridgehead atoms. The van der Waals surface area contributed by atoms with Gasteiger partial charge in [0.2, 0.25) is 20.0 Å². The maximum Gasteiger partial charge on any atom is 0.244 e. The second-order valence-electron chi connectivity index (χ2n) is 8.80. The summed E-state index contributed by atoms with van der Waals surface area (Å²) in [7, 11) is -7.31. The van der Waals surface area contributed by atoms with Crippen LogP contribution in [0, 0.1) is 5.92 Å². The molecule has 4 rings (SSSR count). The second kappa shape index (κ2) is 9.61. The molecule has 2 aliphatic rings. The molecule has 2 aromatic carbocycles. The van der Waals surface area contributed by atoms with Crippen molar-refractivity contribution in [1.29, 1.82) is 0 Å². The van der Waals surface area contributed by atoms with Gasteiger partial charge in [-0.2, -0.15) is 8.61 Å². The van der Waals surface area contributed by atoms with Gasteiger partial charge >= 0.3 is 0 Å². The van der Waals surface area contributed by atoms with E-state index in [2.05, 4.69) is 11.8 Å². The molecule has 32 heavy (non-hydrogen) atoms. The second-order valence-corrected chi connectivity index (χ2v) is 12.7. The zero-order valence-electron chi connectivity index (χ0n) is 18.4. The number of piperidine rings is 1. The minimum atomic E-state index is -3.70. The van der Waals surface area contributed by atoms with Gasteiger partial charge in [-0.15, -0.1) is 0 Å². The fraction of sp³-hybridized carbons (Fsp3) is 0.478. The van der Waals surface area contributed by atoms with E-state index in [1.807, 2.05) is 30.3 Å². The van der Waals surface area contributed by atoms with Gasteiger partial charge < -0.3 is 0 Å². The lowest BCUT2D eigenvalue weighted by atomic mass is 10.0. The summed E-state index contributed by atoms with van der Waals surface area (Å²) in [6.45, 7) is 5.38. The van der Waals surface area contributed by atoms with Gasteiger partial charge in [0.15, 0.2) is 0 Å². The van der Waals surface area contributed by atoms with Crippen molar-refractivity contribution < 1.29 is 16.8 Å². The Kier molecular flexibility index (Phi) is 7.02. The SMILES string of the molecule is C[C@@H]1CCCN(S(=O)(=O)c2ccc(S(=O)(=O)N3CCCN(Cc4ccccc4)C3)cc2)C1. The average Bonchev–Trinajstić information content (AvgIpc) is 2.80. The summed E-state index contributed by atoms with van der Waals surface area (Å²) in [4.78, 5) is 2.40. The molecule has 2 heterocycles. The Labute approximate surface area is 191 Å². The van der Waals surface area contributed by atoms with Gasteiger partial charge in [0.05, 0.1) is 16.5 Å². The van der Waals surface area contributed by atoms with Crippen LogP contribution < -0.4 is 0 Å². The summed E-state index contributed by atoms with van der Waals surface area (Å²) in [5, 5.41) is 0. The van der Waals surface area contributed by atoms with Crippen molar-refractivity contribution in [3.63, 3.8) is 0 Å². The Balaban J connectivity index is 1.48. The molecule has 0 aromatic heterocycles. The molecule has 0 N–H and O–H groups in total. The van der Waals surface area contributed by atoms with Crippen molar-refractivity contribution in [3.8, 4) is 0 Å². The van der Waals surface area contributed by atoms with E-state index in [1.165, 1.54) is 32.9 Å². The Hall–Kier alpha value is -1.78. The highest BCUT2D eigenvalue weighted by molar-refractivity contribution is 7.89. The van der Waals surface area contributed by atoms with E-state index < -0.39 is 20.0 Å². The van der Waals surface area contributed by atoms with Crippen LogP contribution in [0.5, 0.6) is 0 Å². The van der Waals surface area contributed by atoms with Crippen molar-refractivity contribution in [2.75, 3.05) is 32.8 Å². The number of rotatable bonds is 6. The molecule has 0 amide bonds. The first-order chi connectivity index (χ1) is 15.3. The van der Waals surface area contributed by atoms with Crippen molar-refractivity contribution in [2.24, 2.45) is 5.92 Å². The molecule has 0 unspecified atom stereocenters. The minimum Gasteiger partial charge on any atom is -0.285 e. The highest BCUT2D eigenvalue weighted by Crippen LogP contribution is 2.26. The maximum absolute atomic E-state index is 13.2. The maximum atomic E-state index is 13.2. The smallest absolute Gasteiger partial charge is 0.244 e. The summed E-state index contributed by atoms with van der Waals surface area (Å²) in [6, 6.07) is 15.7. The summed E-state index contributed by atoms with van der Waals surface area (Å²) < 4.78 is 55.4. The first-order valence-corrected chi connectivity index (χ1v) is 14.0. The Morgan fingerprint density at radius 1 is 0.781 bits per heavy atom. The fourth-order valence-electron chi connectivity index (χ4n) is 4.45. The van der Waals surface area contributed by atoms with E-state index >= 15 is 0 Å². The fourth-order valence-corrected chi connectivity index (χ4v) is 7.51. The molecule has 0 spiro atoms. The topological polar surface area (TPSA) is 78.0 Å². The highest BCUT2D eigenvalue weighted by Gasteiger charge is 2.31. The quantitative estimate of drug-likeness (QED) is 0.639. The third-order valence-corrected chi connectivity index (χ3v) is 9.93. The lowest BCUT2D eigenvalue weighted by Crippen LogP contribution is -2.47. The number of nitrogens with zero attached hydrogens (tertiary/aromatic N) is 3. The van der Waals surface area contributed by atoms with Gasteiger partial charge in [0.1, 0.15) is 0 Å². The molecule has 0 radical (unpaired) electrons. The van der Waals surface area contributed by atoms with Gasteiger partial charge in [0, 0.05) is 32.7 Å². The summed E-state index contributed by atoms with van der Waals surface area (Å²) in [5.41, 5.74) is 1.15. The largest absolute Gasteiger partial charge is 0.285 e. The Bertz CT molecular complexity index is 1120. The van der Waals surface area contributed by atoms with Crippen molar-refractivity contribution in [2.45, 2.75) is 42.5 Å². The summed E-state index contributed by atoms with van der Waals surface area (Å²) in [6.07, 6.45) is 2.63. The van der Waals surface area contributed by atoms with Crippen LogP contribution in [-0.2, 0) is 26.6 Å². The van der Waals surface area contributed by atoms with Gasteiger partial charge in [0.25, 0.3) is 0 Å². The Morgan fingerprint density at radius 2 is 1.38 bits per heavy atom. The van der Waals surface area contributed by atoms with E-state index in [0.717, 1.165) is 31.4 Å². The van der Waals surface area contributed by atoms with Crippen LogP contribution in [-0.4, -0.2) is 63.2 Å². The monoisotopic (exact) mass is 477 g/mol. The van der Waals surface area contributed by atoms with E-state index in [0.29, 0.717) is 38.8 Å². The molecule has 9 heteroatoms. The molecule has 2 fully saturated rings. The zero-order chi connectivity index (χ0) is 22.8. The van der Waals surface area contributed by atoms with Gasteiger partial charge in [-0.05, 0) is 55.0 Å². The normalized spacial score (nSPS) is 22.1. The van der Waals surface area contributed by atoms with Crippen molar-refractivity contribution in [3.05, 3.63) is 60.2 Å². The highest BCUT2D eigenvalue weighted by atomic mass is 32.2. The number of hydrogen-bond donors (Lipinski definition) is 0. The van der Waals surface area contributed by atoms with Crippen LogP contribution in [0.1, 0.15) is 31.7 Å². The van der Waals surface area contributed by atoms with Crippen LogP contribution >= 0.6 is 0 Å². The lowest BCUT2D eigenvalue weighted by Gasteiger charge is -2.34. The molecule has 0 aliphatic carbocycles. The van der Waals surface area contributed by atoms with Crippen LogP contribution in [0.4, 0.5) is 0 Å². The first kappa shape index (κ1) is 23.4. The molecular weight excluding hydrogens is 446 g/mol. The van der Waals surface area contributed by atoms with E-state index in [-0.39, 0.29) is 9.79 Å². The first-order valence-electron chi connectivity index (χ1n) is 11.1. The number of sulfonamides is 2. The third kappa shape index (κ3) is 5.07. The van der Waals surface area contributed by atoms with Gasteiger partial charge in [-0.1, -0.05) is 37.3 Å². The van der Waals surface area contributed by atoms with Crippen LogP contribution in [0.3, 0.4) is 0 Å². The van der Waals surface area contributed by atoms with Crippen molar-refractivity contribution >= 4 is 20.0 Å². The molecule has 174 valence electrons. The lowest BCUT2D eigenvalue weighted by molar-refractivity contribution is 0.140. The van der Waals surface area contributed by atoms with Crippen LogP contribution in [0.2, 0.25) is 0 Å². The predicted molar refractivity (Wildman–Crippen MR) is 124 cm³/mol. The van der Waals surface area contributed by atoms with E-state index in [4.69, 9.17) is 0 Å². The standard InChI is InChI=1S/C23H31N3O4S2/c1-20-7-5-15-25(17-20)31(27,28)22-10-12-23(13-11-22)32(29,30)26-16-6-14-24(19-26)18-21-8-3-2-4-9-21/h2-4,8-13,20H,5-7,14-19H2,1H3/t20-/m1/s1. The number of hydrogen-bond acceptors (Lipinski definition) is 5.